The summed E-state index contributed by atoms with van der Waals surface area (Å²) in [6, 6.07) is 24.1. The molecule has 0 unspecified atom stereocenters. The fraction of sp³-hybridized carbons (Fsp3) is 0.0476. The number of rotatable bonds is 5. The van der Waals surface area contributed by atoms with Crippen molar-refractivity contribution in [2.75, 3.05) is 0 Å². The van der Waals surface area contributed by atoms with Crippen LogP contribution in [0.15, 0.2) is 84.9 Å². The van der Waals surface area contributed by atoms with Crippen LogP contribution in [0.4, 0.5) is 0 Å². The van der Waals surface area contributed by atoms with E-state index >= 15 is 0 Å². The van der Waals surface area contributed by atoms with Crippen molar-refractivity contribution in [3.63, 3.8) is 0 Å². The van der Waals surface area contributed by atoms with Crippen molar-refractivity contribution in [3.05, 3.63) is 107 Å². The Morgan fingerprint density at radius 3 is 1.88 bits per heavy atom. The van der Waals surface area contributed by atoms with Crippen molar-refractivity contribution in [2.45, 2.75) is 6.10 Å². The van der Waals surface area contributed by atoms with E-state index in [1.807, 2.05) is 12.1 Å². The van der Waals surface area contributed by atoms with Gasteiger partial charge < -0.3 is 4.74 Å². The Kier molecular flexibility index (Phi) is 5.26. The van der Waals surface area contributed by atoms with Crippen LogP contribution >= 0.6 is 11.6 Å². The zero-order valence-corrected chi connectivity index (χ0v) is 14.0. The molecule has 25 heavy (non-hydrogen) atoms. The van der Waals surface area contributed by atoms with Gasteiger partial charge in [-0.15, -0.1) is 0 Å². The lowest BCUT2D eigenvalue weighted by Crippen LogP contribution is -2.20. The van der Waals surface area contributed by atoms with E-state index in [1.54, 1.807) is 72.8 Å². The Balaban J connectivity index is 1.90. The topological polar surface area (TPSA) is 43.4 Å². The van der Waals surface area contributed by atoms with Crippen molar-refractivity contribution < 1.29 is 14.3 Å². The lowest BCUT2D eigenvalue weighted by atomic mass is 10.00. The lowest BCUT2D eigenvalue weighted by molar-refractivity contribution is 0.0280. The Bertz CT molecular complexity index is 859. The summed E-state index contributed by atoms with van der Waals surface area (Å²) in [4.78, 5) is 25.3. The van der Waals surface area contributed by atoms with E-state index < -0.39 is 12.1 Å². The van der Waals surface area contributed by atoms with E-state index in [0.717, 1.165) is 0 Å². The zero-order chi connectivity index (χ0) is 17.6. The number of hydrogen-bond donors (Lipinski definition) is 0. The molecule has 124 valence electrons. The highest BCUT2D eigenvalue weighted by Crippen LogP contribution is 2.24. The van der Waals surface area contributed by atoms with Crippen LogP contribution in [0, 0.1) is 0 Å². The van der Waals surface area contributed by atoms with Gasteiger partial charge in [0.15, 0.2) is 6.10 Å². The second-order valence-electron chi connectivity index (χ2n) is 5.43. The molecular formula is C21H15ClO3. The summed E-state index contributed by atoms with van der Waals surface area (Å²) in [7, 11) is 0. The summed E-state index contributed by atoms with van der Waals surface area (Å²) in [5.41, 5.74) is 1.45. The molecule has 0 amide bonds. The molecule has 0 bridgehead atoms. The molecule has 3 nitrogen and oxygen atoms in total. The smallest absolute Gasteiger partial charge is 0.339 e. The third-order valence-electron chi connectivity index (χ3n) is 3.70. The maximum absolute atomic E-state index is 12.9. The average Bonchev–Trinajstić information content (AvgIpc) is 2.67. The molecule has 3 aromatic carbocycles. The Hall–Kier alpha value is -2.91. The summed E-state index contributed by atoms with van der Waals surface area (Å²) in [6.07, 6.45) is -1.01. The molecule has 0 N–H and O–H groups in total. The van der Waals surface area contributed by atoms with E-state index in [9.17, 15) is 9.59 Å². The van der Waals surface area contributed by atoms with Gasteiger partial charge in [0.05, 0.1) is 5.56 Å². The summed E-state index contributed by atoms with van der Waals surface area (Å²) in [6.45, 7) is 0. The van der Waals surface area contributed by atoms with Crippen LogP contribution in [0.3, 0.4) is 0 Å². The molecular weight excluding hydrogens is 336 g/mol. The van der Waals surface area contributed by atoms with E-state index in [-0.39, 0.29) is 5.78 Å². The second kappa shape index (κ2) is 7.77. The standard InChI is InChI=1S/C21H15ClO3/c22-18-13-11-17(12-14-18)21(24)25-20(16-9-5-2-6-10-16)19(23)15-7-3-1-4-8-15/h1-14,20H/t20-/m0/s1. The van der Waals surface area contributed by atoms with Crippen molar-refractivity contribution in [1.29, 1.82) is 0 Å². The predicted octanol–water partition coefficient (Wildman–Crippen LogP) is 5.12. The monoisotopic (exact) mass is 350 g/mol. The summed E-state index contributed by atoms with van der Waals surface area (Å²) >= 11 is 5.84. The molecule has 4 heteroatoms. The van der Waals surface area contributed by atoms with Crippen LogP contribution in [0.2, 0.25) is 5.02 Å². The molecule has 3 rings (SSSR count). The minimum absolute atomic E-state index is 0.269. The third kappa shape index (κ3) is 4.14. The van der Waals surface area contributed by atoms with Gasteiger partial charge in [0.2, 0.25) is 5.78 Å². The van der Waals surface area contributed by atoms with Gasteiger partial charge in [-0.2, -0.15) is 0 Å². The second-order valence-corrected chi connectivity index (χ2v) is 5.87. The quantitative estimate of drug-likeness (QED) is 0.473. The van der Waals surface area contributed by atoms with Gasteiger partial charge in [-0.25, -0.2) is 4.79 Å². The van der Waals surface area contributed by atoms with Crippen LogP contribution in [-0.2, 0) is 4.74 Å². The van der Waals surface area contributed by atoms with E-state index in [0.29, 0.717) is 21.7 Å². The average molecular weight is 351 g/mol. The Morgan fingerprint density at radius 2 is 1.28 bits per heavy atom. The van der Waals surface area contributed by atoms with E-state index in [2.05, 4.69) is 0 Å². The minimum atomic E-state index is -1.01. The summed E-state index contributed by atoms with van der Waals surface area (Å²) in [5.74, 6) is -0.844. The molecule has 0 saturated heterocycles. The van der Waals surface area contributed by atoms with Crippen LogP contribution in [0.1, 0.15) is 32.4 Å². The first kappa shape index (κ1) is 16.9. The molecule has 0 aliphatic rings. The number of carbonyl (C=O) groups is 2. The zero-order valence-electron chi connectivity index (χ0n) is 13.3. The van der Waals surface area contributed by atoms with Crippen LogP contribution in [-0.4, -0.2) is 11.8 Å². The van der Waals surface area contributed by atoms with Crippen LogP contribution < -0.4 is 0 Å². The predicted molar refractivity (Wildman–Crippen MR) is 96.8 cm³/mol. The molecule has 0 aliphatic carbocycles. The fourth-order valence-electron chi connectivity index (χ4n) is 2.42. The van der Waals surface area contributed by atoms with Gasteiger partial charge in [0.1, 0.15) is 0 Å². The highest BCUT2D eigenvalue weighted by Gasteiger charge is 2.26. The first-order valence-electron chi connectivity index (χ1n) is 7.76. The van der Waals surface area contributed by atoms with Gasteiger partial charge in [-0.3, -0.25) is 4.79 Å². The number of benzene rings is 3. The van der Waals surface area contributed by atoms with Crippen molar-refractivity contribution in [1.82, 2.24) is 0 Å². The van der Waals surface area contributed by atoms with Gasteiger partial charge in [-0.1, -0.05) is 72.3 Å². The van der Waals surface area contributed by atoms with Gasteiger partial charge in [0, 0.05) is 16.1 Å². The molecule has 0 saturated carbocycles. The lowest BCUT2D eigenvalue weighted by Gasteiger charge is -2.17. The highest BCUT2D eigenvalue weighted by atomic mass is 35.5. The molecule has 0 radical (unpaired) electrons. The van der Waals surface area contributed by atoms with Crippen LogP contribution in [0.5, 0.6) is 0 Å². The fourth-order valence-corrected chi connectivity index (χ4v) is 2.54. The Morgan fingerprint density at radius 1 is 0.720 bits per heavy atom. The summed E-state index contributed by atoms with van der Waals surface area (Å²) < 4.78 is 5.55. The normalized spacial score (nSPS) is 11.6. The molecule has 0 fully saturated rings. The first-order valence-corrected chi connectivity index (χ1v) is 8.14. The molecule has 0 aromatic heterocycles. The molecule has 0 spiro atoms. The van der Waals surface area contributed by atoms with Gasteiger partial charge in [0.25, 0.3) is 0 Å². The number of ether oxygens (including phenoxy) is 1. The van der Waals surface area contributed by atoms with Gasteiger partial charge >= 0.3 is 5.97 Å². The largest absolute Gasteiger partial charge is 0.445 e. The first-order chi connectivity index (χ1) is 12.1. The number of ketones is 1. The maximum atomic E-state index is 12.9. The summed E-state index contributed by atoms with van der Waals surface area (Å²) in [5, 5.41) is 0.525. The minimum Gasteiger partial charge on any atom is -0.445 e. The number of hydrogen-bond acceptors (Lipinski definition) is 3. The third-order valence-corrected chi connectivity index (χ3v) is 3.96. The maximum Gasteiger partial charge on any atom is 0.339 e. The van der Waals surface area contributed by atoms with Crippen LogP contribution in [0.25, 0.3) is 0 Å². The number of carbonyl (C=O) groups excluding carboxylic acids is 2. The molecule has 0 heterocycles. The molecule has 0 aliphatic heterocycles. The molecule has 3 aromatic rings. The van der Waals surface area contributed by atoms with E-state index in [4.69, 9.17) is 16.3 Å². The Labute approximate surface area is 150 Å². The SMILES string of the molecule is O=C(O[C@H](C(=O)c1ccccc1)c1ccccc1)c1ccc(Cl)cc1. The molecule has 1 atom stereocenters. The highest BCUT2D eigenvalue weighted by molar-refractivity contribution is 6.30. The van der Waals surface area contributed by atoms with E-state index in [1.165, 1.54) is 0 Å². The van der Waals surface area contributed by atoms with Gasteiger partial charge in [-0.05, 0) is 24.3 Å². The van der Waals surface area contributed by atoms with Crippen molar-refractivity contribution >= 4 is 23.4 Å². The van der Waals surface area contributed by atoms with Crippen molar-refractivity contribution in [3.8, 4) is 0 Å². The number of esters is 1. The van der Waals surface area contributed by atoms with Crippen molar-refractivity contribution in [2.24, 2.45) is 0 Å². The number of halogens is 1. The number of Topliss-reactive ketones (excluding diaryl/α,β-unsaturated/α-hetero) is 1.